The average Bonchev–Trinajstić information content (AvgIpc) is 3.15. The molecule has 0 unspecified atom stereocenters. The second-order valence-corrected chi connectivity index (χ2v) is 10.5. The van der Waals surface area contributed by atoms with Crippen LogP contribution < -0.4 is 0 Å². The Hall–Kier alpha value is -6.52. The number of carbonyl (C=O) groups excluding carboxylic acids is 5. The molecule has 9 rings (SSSR count). The largest absolute Gasteiger partial charge is 2.00 e. The minimum Gasteiger partial charge on any atom is -0.289 e. The van der Waals surface area contributed by atoms with Gasteiger partial charge < -0.3 is 0 Å². The third-order valence-electron chi connectivity index (χ3n) is 7.75. The molecule has 0 aromatic carbocycles. The summed E-state index contributed by atoms with van der Waals surface area (Å²) < 4.78 is 0. The molecule has 12 heteroatoms. The summed E-state index contributed by atoms with van der Waals surface area (Å²) in [7, 11) is 0. The van der Waals surface area contributed by atoms with E-state index in [-0.39, 0.29) is 22.3 Å². The number of pyridine rings is 6. The van der Waals surface area contributed by atoms with E-state index in [1.165, 1.54) is 0 Å². The number of carbonyl (C=O) groups is 5. The van der Waals surface area contributed by atoms with Crippen molar-refractivity contribution in [2.75, 3.05) is 0 Å². The van der Waals surface area contributed by atoms with Crippen LogP contribution in [0.1, 0.15) is 57.4 Å². The minimum absolute atomic E-state index is 0. The third-order valence-corrected chi connectivity index (χ3v) is 7.75. The fraction of sp³-hybridized carbons (Fsp3) is 0. The topological polar surface area (TPSA) is 163 Å². The van der Waals surface area contributed by atoms with Gasteiger partial charge in [-0.3, -0.25) is 53.9 Å². The Balaban J connectivity index is 0.000000126. The number of hydrogen-bond donors (Lipinski definition) is 0. The van der Waals surface area contributed by atoms with E-state index in [1.807, 2.05) is 6.07 Å². The Morgan fingerprint density at radius 1 is 0.327 bits per heavy atom. The number of ketones is 5. The first-order chi connectivity index (χ1) is 23.4. The molecule has 0 bridgehead atoms. The standard InChI is InChI=1S/C13H8N2O.2C12H6N2O2.Ni/c1-8-9-4-2-6-14-11(9)12-10(13(8)16)5-3-7-15-12;2*15-11-7-3-1-5-13-9(7)10-8(12(11)16)4-2-6-14-10;/h2-7H,1H2;2*1-6H;/q;;;+2. The van der Waals surface area contributed by atoms with Crippen LogP contribution in [-0.2, 0) is 16.5 Å². The molecule has 6 aromatic heterocycles. The SMILES string of the molecule is C=C1C(=O)c2cccnc2-c2ncccc21.O=C1C(=O)c2cccnc2-c2ncccc21.O=C1C(=O)c2cccnc2-c2ncccc21.[Ni+2]. The number of allylic oxidation sites excluding steroid dienone is 1. The molecule has 0 radical (unpaired) electrons. The van der Waals surface area contributed by atoms with Gasteiger partial charge in [-0.05, 0) is 66.7 Å². The maximum atomic E-state index is 12.0. The summed E-state index contributed by atoms with van der Waals surface area (Å²) in [5, 5.41) is 0. The molecule has 6 aromatic rings. The van der Waals surface area contributed by atoms with E-state index in [0.29, 0.717) is 61.9 Å². The van der Waals surface area contributed by atoms with Gasteiger partial charge in [-0.2, -0.15) is 0 Å². The Labute approximate surface area is 288 Å². The number of Topliss-reactive ketones (excluding diaryl/α,β-unsaturated/α-hetero) is 5. The van der Waals surface area contributed by atoms with Crippen molar-refractivity contribution in [1.29, 1.82) is 0 Å². The molecule has 0 spiro atoms. The van der Waals surface area contributed by atoms with E-state index in [1.54, 1.807) is 104 Å². The van der Waals surface area contributed by atoms with Crippen LogP contribution in [-0.4, -0.2) is 58.8 Å². The van der Waals surface area contributed by atoms with Gasteiger partial charge in [0.1, 0.15) is 28.5 Å². The van der Waals surface area contributed by atoms with Gasteiger partial charge in [0.25, 0.3) is 0 Å². The van der Waals surface area contributed by atoms with Crippen molar-refractivity contribution < 1.29 is 40.5 Å². The molecule has 49 heavy (non-hydrogen) atoms. The molecule has 236 valence electrons. The number of fused-ring (bicyclic) bond motifs is 9. The van der Waals surface area contributed by atoms with Crippen LogP contribution in [0, 0.1) is 0 Å². The third kappa shape index (κ3) is 5.60. The van der Waals surface area contributed by atoms with Crippen LogP contribution in [0.5, 0.6) is 0 Å². The van der Waals surface area contributed by atoms with Crippen LogP contribution >= 0.6 is 0 Å². The second kappa shape index (κ2) is 13.3. The fourth-order valence-corrected chi connectivity index (χ4v) is 5.50. The van der Waals surface area contributed by atoms with Gasteiger partial charge in [-0.1, -0.05) is 12.6 Å². The van der Waals surface area contributed by atoms with E-state index in [0.717, 1.165) is 11.3 Å². The number of aromatic nitrogens is 6. The molecule has 0 amide bonds. The zero-order valence-electron chi connectivity index (χ0n) is 25.1. The Morgan fingerprint density at radius 3 is 0.796 bits per heavy atom. The Kier molecular flexibility index (Phi) is 8.80. The smallest absolute Gasteiger partial charge is 0.289 e. The zero-order valence-corrected chi connectivity index (χ0v) is 26.1. The van der Waals surface area contributed by atoms with Gasteiger partial charge in [0.2, 0.25) is 23.1 Å². The predicted molar refractivity (Wildman–Crippen MR) is 173 cm³/mol. The molecular formula is C37H20N6NiO5+2. The summed E-state index contributed by atoms with van der Waals surface area (Å²) in [4.78, 5) is 84.0. The fourth-order valence-electron chi connectivity index (χ4n) is 5.50. The maximum absolute atomic E-state index is 12.0. The predicted octanol–water partition coefficient (Wildman–Crippen LogP) is 5.40. The first kappa shape index (κ1) is 32.4. The van der Waals surface area contributed by atoms with Crippen molar-refractivity contribution in [2.45, 2.75) is 0 Å². The van der Waals surface area contributed by atoms with Crippen LogP contribution in [0.2, 0.25) is 0 Å². The summed E-state index contributed by atoms with van der Waals surface area (Å²) in [6, 6.07) is 20.1. The number of rotatable bonds is 0. The number of hydrogen-bond acceptors (Lipinski definition) is 11. The zero-order chi connectivity index (χ0) is 33.4. The van der Waals surface area contributed by atoms with Crippen molar-refractivity contribution in [3.63, 3.8) is 0 Å². The molecule has 6 heterocycles. The van der Waals surface area contributed by atoms with E-state index in [9.17, 15) is 24.0 Å². The van der Waals surface area contributed by atoms with E-state index in [4.69, 9.17) is 0 Å². The Morgan fingerprint density at radius 2 is 0.531 bits per heavy atom. The van der Waals surface area contributed by atoms with Crippen molar-refractivity contribution in [3.05, 3.63) is 150 Å². The summed E-state index contributed by atoms with van der Waals surface area (Å²) in [5.41, 5.74) is 6.52. The van der Waals surface area contributed by atoms with Gasteiger partial charge in [-0.15, -0.1) is 0 Å². The molecule has 0 atom stereocenters. The molecule has 3 aliphatic carbocycles. The van der Waals surface area contributed by atoms with Crippen LogP contribution in [0.4, 0.5) is 0 Å². The van der Waals surface area contributed by atoms with E-state index in [2.05, 4.69) is 36.5 Å². The summed E-state index contributed by atoms with van der Waals surface area (Å²) >= 11 is 0. The summed E-state index contributed by atoms with van der Waals surface area (Å²) in [6.45, 7) is 3.82. The van der Waals surface area contributed by atoms with Crippen molar-refractivity contribution in [2.24, 2.45) is 0 Å². The minimum atomic E-state index is -0.511. The molecule has 11 nitrogen and oxygen atoms in total. The molecular weight excluding hydrogens is 667 g/mol. The summed E-state index contributed by atoms with van der Waals surface area (Å²) in [6.07, 6.45) is 9.69. The van der Waals surface area contributed by atoms with Gasteiger partial charge in [-0.25, -0.2) is 0 Å². The van der Waals surface area contributed by atoms with Crippen molar-refractivity contribution in [1.82, 2.24) is 29.9 Å². The first-order valence-corrected chi connectivity index (χ1v) is 14.5. The van der Waals surface area contributed by atoms with Gasteiger partial charge >= 0.3 is 16.5 Å². The monoisotopic (exact) mass is 686 g/mol. The molecule has 0 N–H and O–H groups in total. The van der Waals surface area contributed by atoms with Crippen LogP contribution in [0.3, 0.4) is 0 Å². The molecule has 0 saturated carbocycles. The van der Waals surface area contributed by atoms with Crippen molar-refractivity contribution >= 4 is 34.5 Å². The van der Waals surface area contributed by atoms with Crippen LogP contribution in [0.15, 0.2) is 117 Å². The normalized spacial score (nSPS) is 13.0. The molecule has 0 saturated heterocycles. The van der Waals surface area contributed by atoms with Gasteiger partial charge in [0, 0.05) is 48.3 Å². The average molecular weight is 687 g/mol. The van der Waals surface area contributed by atoms with Crippen molar-refractivity contribution in [3.8, 4) is 34.2 Å². The van der Waals surface area contributed by atoms with Gasteiger partial charge in [0.05, 0.1) is 33.5 Å². The number of nitrogens with zero attached hydrogens (tertiary/aromatic N) is 6. The molecule has 3 aliphatic rings. The van der Waals surface area contributed by atoms with Gasteiger partial charge in [0.15, 0.2) is 5.78 Å². The van der Waals surface area contributed by atoms with Crippen LogP contribution in [0.25, 0.3) is 39.7 Å². The summed E-state index contributed by atoms with van der Waals surface area (Å²) in [5.74, 6) is -2.11. The molecule has 0 fully saturated rings. The quantitative estimate of drug-likeness (QED) is 0.114. The second-order valence-electron chi connectivity index (χ2n) is 10.5. The van der Waals surface area contributed by atoms with E-state index >= 15 is 0 Å². The van der Waals surface area contributed by atoms with E-state index < -0.39 is 23.1 Å². The maximum Gasteiger partial charge on any atom is 2.00 e. The first-order valence-electron chi connectivity index (χ1n) is 14.5. The molecule has 0 aliphatic heterocycles. The Bertz CT molecular complexity index is 1960.